The van der Waals surface area contributed by atoms with Crippen molar-refractivity contribution in [2.45, 2.75) is 31.7 Å². The molecule has 120 valence electrons. The van der Waals surface area contributed by atoms with Gasteiger partial charge in [-0.15, -0.1) is 0 Å². The number of nitrogens with zero attached hydrogens (tertiary/aromatic N) is 1. The Morgan fingerprint density at radius 3 is 2.65 bits per heavy atom. The Balaban J connectivity index is 1.59. The molecule has 1 aliphatic rings. The Kier molecular flexibility index (Phi) is 4.46. The normalized spacial score (nSPS) is 17.4. The van der Waals surface area contributed by atoms with Gasteiger partial charge in [0.15, 0.2) is 0 Å². The predicted molar refractivity (Wildman–Crippen MR) is 84.1 cm³/mol. The number of benzene rings is 1. The lowest BCUT2D eigenvalue weighted by Gasteiger charge is -2.23. The van der Waals surface area contributed by atoms with Crippen molar-refractivity contribution in [2.24, 2.45) is 0 Å². The summed E-state index contributed by atoms with van der Waals surface area (Å²) < 4.78 is 5.45. The van der Waals surface area contributed by atoms with Crippen LogP contribution in [0.15, 0.2) is 47.1 Å². The van der Waals surface area contributed by atoms with Crippen LogP contribution in [0.4, 0.5) is 0 Å². The number of carbonyl (C=O) groups is 2. The van der Waals surface area contributed by atoms with Crippen LogP contribution in [0.3, 0.4) is 0 Å². The summed E-state index contributed by atoms with van der Waals surface area (Å²) in [6.45, 7) is 0.766. The van der Waals surface area contributed by atoms with Crippen LogP contribution in [0, 0.1) is 0 Å². The van der Waals surface area contributed by atoms with E-state index in [1.54, 1.807) is 30.5 Å². The number of aryl methyl sites for hydroxylation is 1. The number of aromatic carboxylic acids is 1. The van der Waals surface area contributed by atoms with E-state index >= 15 is 0 Å². The molecule has 2 heterocycles. The number of hydrogen-bond donors (Lipinski definition) is 1. The molecule has 1 aromatic carbocycles. The zero-order valence-corrected chi connectivity index (χ0v) is 12.8. The van der Waals surface area contributed by atoms with Crippen molar-refractivity contribution in [3.05, 3.63) is 59.5 Å². The molecule has 0 aliphatic carbocycles. The average molecular weight is 313 g/mol. The molecule has 1 fully saturated rings. The van der Waals surface area contributed by atoms with Crippen LogP contribution >= 0.6 is 0 Å². The highest BCUT2D eigenvalue weighted by Crippen LogP contribution is 2.32. The summed E-state index contributed by atoms with van der Waals surface area (Å²) in [5.41, 5.74) is 1.23. The lowest BCUT2D eigenvalue weighted by Crippen LogP contribution is -2.30. The first-order valence-electron chi connectivity index (χ1n) is 7.80. The Bertz CT molecular complexity index is 676. The second kappa shape index (κ2) is 6.69. The third-order valence-corrected chi connectivity index (χ3v) is 4.27. The molecule has 3 rings (SSSR count). The SMILES string of the molecule is O=C(O)c1ccc(CCC(=O)N2CCC[C@@H]2c2ccco2)cc1. The first-order valence-corrected chi connectivity index (χ1v) is 7.80. The van der Waals surface area contributed by atoms with Gasteiger partial charge in [0.2, 0.25) is 5.91 Å². The van der Waals surface area contributed by atoms with E-state index in [1.807, 2.05) is 17.0 Å². The Labute approximate surface area is 134 Å². The fourth-order valence-electron chi connectivity index (χ4n) is 3.05. The molecule has 0 bridgehead atoms. The zero-order valence-electron chi connectivity index (χ0n) is 12.8. The average Bonchev–Trinajstić information content (AvgIpc) is 3.23. The molecule has 1 N–H and O–H groups in total. The minimum absolute atomic E-state index is 0.0480. The molecule has 5 heteroatoms. The summed E-state index contributed by atoms with van der Waals surface area (Å²) in [7, 11) is 0. The van der Waals surface area contributed by atoms with Crippen molar-refractivity contribution in [1.29, 1.82) is 0 Å². The zero-order chi connectivity index (χ0) is 16.2. The van der Waals surface area contributed by atoms with Crippen LogP contribution in [0.2, 0.25) is 0 Å². The third kappa shape index (κ3) is 3.44. The van der Waals surface area contributed by atoms with Gasteiger partial charge in [0.05, 0.1) is 17.9 Å². The van der Waals surface area contributed by atoms with E-state index in [1.165, 1.54) is 0 Å². The molecule has 1 aromatic heterocycles. The summed E-state index contributed by atoms with van der Waals surface area (Å²) in [5.74, 6) is 0.0267. The van der Waals surface area contributed by atoms with Gasteiger partial charge in [-0.1, -0.05) is 12.1 Å². The number of carbonyl (C=O) groups excluding carboxylic acids is 1. The molecular formula is C18H19NO4. The molecule has 0 unspecified atom stereocenters. The van der Waals surface area contributed by atoms with Gasteiger partial charge >= 0.3 is 5.97 Å². The number of likely N-dealkylation sites (tertiary alicyclic amines) is 1. The third-order valence-electron chi connectivity index (χ3n) is 4.27. The largest absolute Gasteiger partial charge is 0.478 e. The molecule has 0 spiro atoms. The van der Waals surface area contributed by atoms with E-state index in [-0.39, 0.29) is 17.5 Å². The van der Waals surface area contributed by atoms with Gasteiger partial charge in [0.1, 0.15) is 5.76 Å². The lowest BCUT2D eigenvalue weighted by molar-refractivity contribution is -0.132. The van der Waals surface area contributed by atoms with E-state index in [4.69, 9.17) is 9.52 Å². The number of carboxylic acids is 1. The minimum atomic E-state index is -0.939. The fraction of sp³-hybridized carbons (Fsp3) is 0.333. The number of furan rings is 1. The van der Waals surface area contributed by atoms with E-state index in [2.05, 4.69) is 0 Å². The monoisotopic (exact) mass is 313 g/mol. The van der Waals surface area contributed by atoms with Gasteiger partial charge in [0.25, 0.3) is 0 Å². The smallest absolute Gasteiger partial charge is 0.335 e. The summed E-state index contributed by atoms with van der Waals surface area (Å²) >= 11 is 0. The Hall–Kier alpha value is -2.56. The number of rotatable bonds is 5. The maximum atomic E-state index is 12.5. The van der Waals surface area contributed by atoms with Crippen molar-refractivity contribution in [2.75, 3.05) is 6.54 Å². The van der Waals surface area contributed by atoms with E-state index < -0.39 is 5.97 Å². The number of amides is 1. The molecule has 1 aliphatic heterocycles. The molecule has 0 saturated carbocycles. The van der Waals surface area contributed by atoms with Crippen LogP contribution in [0.1, 0.15) is 47.0 Å². The molecule has 2 aromatic rings. The van der Waals surface area contributed by atoms with Crippen LogP contribution in [0.25, 0.3) is 0 Å². The minimum Gasteiger partial charge on any atom is -0.478 e. The van der Waals surface area contributed by atoms with Gasteiger partial charge in [-0.3, -0.25) is 4.79 Å². The molecule has 0 radical (unpaired) electrons. The Morgan fingerprint density at radius 2 is 2.00 bits per heavy atom. The van der Waals surface area contributed by atoms with Gasteiger partial charge in [-0.25, -0.2) is 4.79 Å². The van der Waals surface area contributed by atoms with Crippen LogP contribution in [-0.2, 0) is 11.2 Å². The maximum Gasteiger partial charge on any atom is 0.335 e. The fourth-order valence-corrected chi connectivity index (χ4v) is 3.05. The number of hydrogen-bond acceptors (Lipinski definition) is 3. The molecular weight excluding hydrogens is 294 g/mol. The number of carboxylic acid groups (broad SMARTS) is 1. The van der Waals surface area contributed by atoms with Crippen molar-refractivity contribution < 1.29 is 19.1 Å². The van der Waals surface area contributed by atoms with Crippen LogP contribution in [0.5, 0.6) is 0 Å². The van der Waals surface area contributed by atoms with Gasteiger partial charge in [0, 0.05) is 13.0 Å². The topological polar surface area (TPSA) is 70.8 Å². The second-order valence-corrected chi connectivity index (χ2v) is 5.76. The summed E-state index contributed by atoms with van der Waals surface area (Å²) in [6, 6.07) is 10.5. The predicted octanol–water partition coefficient (Wildman–Crippen LogP) is 3.27. The van der Waals surface area contributed by atoms with Gasteiger partial charge in [-0.2, -0.15) is 0 Å². The summed E-state index contributed by atoms with van der Waals surface area (Å²) in [6.07, 6.45) is 4.60. The first kappa shape index (κ1) is 15.3. The molecule has 5 nitrogen and oxygen atoms in total. The van der Waals surface area contributed by atoms with Gasteiger partial charge in [-0.05, 0) is 49.1 Å². The highest BCUT2D eigenvalue weighted by Gasteiger charge is 2.31. The summed E-state index contributed by atoms with van der Waals surface area (Å²) in [5, 5.41) is 8.89. The van der Waals surface area contributed by atoms with Crippen molar-refractivity contribution in [3.63, 3.8) is 0 Å². The molecule has 23 heavy (non-hydrogen) atoms. The molecule has 1 atom stereocenters. The van der Waals surface area contributed by atoms with Crippen LogP contribution in [-0.4, -0.2) is 28.4 Å². The van der Waals surface area contributed by atoms with Gasteiger partial charge < -0.3 is 14.4 Å². The second-order valence-electron chi connectivity index (χ2n) is 5.76. The Morgan fingerprint density at radius 1 is 1.22 bits per heavy atom. The van der Waals surface area contributed by atoms with E-state index in [0.29, 0.717) is 12.8 Å². The molecule has 1 saturated heterocycles. The van der Waals surface area contributed by atoms with E-state index in [0.717, 1.165) is 30.7 Å². The van der Waals surface area contributed by atoms with E-state index in [9.17, 15) is 9.59 Å². The highest BCUT2D eigenvalue weighted by molar-refractivity contribution is 5.87. The lowest BCUT2D eigenvalue weighted by atomic mass is 10.1. The van der Waals surface area contributed by atoms with Crippen LogP contribution < -0.4 is 0 Å². The molecule has 1 amide bonds. The van der Waals surface area contributed by atoms with Crippen molar-refractivity contribution in [1.82, 2.24) is 4.90 Å². The standard InChI is InChI=1S/C18H19NO4/c20-17(10-7-13-5-8-14(9-6-13)18(21)22)19-11-1-3-15(19)16-4-2-12-23-16/h2,4-6,8-9,12,15H,1,3,7,10-11H2,(H,21,22)/t15-/m1/s1. The first-order chi connectivity index (χ1) is 11.1. The summed E-state index contributed by atoms with van der Waals surface area (Å²) in [4.78, 5) is 25.2. The van der Waals surface area contributed by atoms with Crippen molar-refractivity contribution in [3.8, 4) is 0 Å². The highest BCUT2D eigenvalue weighted by atomic mass is 16.4. The quantitative estimate of drug-likeness (QED) is 0.919. The van der Waals surface area contributed by atoms with Crippen molar-refractivity contribution >= 4 is 11.9 Å². The maximum absolute atomic E-state index is 12.5.